The number of benzene rings is 1. The fourth-order valence-electron chi connectivity index (χ4n) is 3.43. The molecule has 0 aliphatic carbocycles. The Morgan fingerprint density at radius 2 is 1.96 bits per heavy atom. The number of anilines is 1. The molecule has 2 heterocycles. The maximum atomic E-state index is 11.9. The molecule has 1 aromatic carbocycles. The van der Waals surface area contributed by atoms with Gasteiger partial charge in [-0.2, -0.15) is 0 Å². The summed E-state index contributed by atoms with van der Waals surface area (Å²) in [6.07, 6.45) is 0.448. The monoisotopic (exact) mass is 521 g/mol. The minimum absolute atomic E-state index is 0. The smallest absolute Gasteiger partial charge is 0.225 e. The highest BCUT2D eigenvalue weighted by Gasteiger charge is 2.25. The van der Waals surface area contributed by atoms with Gasteiger partial charge in [-0.3, -0.25) is 14.7 Å². The van der Waals surface area contributed by atoms with Crippen molar-refractivity contribution in [3.63, 3.8) is 0 Å². The molecule has 0 bridgehead atoms. The SMILES string of the molecule is CN=C(NCCN1CCS(=O)(=O)CC1)NCC1CC(=O)Nc2ccccc21.I. The first-order valence-corrected chi connectivity index (χ1v) is 11.0. The summed E-state index contributed by atoms with van der Waals surface area (Å²) in [5, 5.41) is 9.46. The fourth-order valence-corrected chi connectivity index (χ4v) is 4.71. The van der Waals surface area contributed by atoms with Gasteiger partial charge in [0.1, 0.15) is 0 Å². The number of nitrogens with one attached hydrogen (secondary N) is 3. The topological polar surface area (TPSA) is 103 Å². The van der Waals surface area contributed by atoms with E-state index in [4.69, 9.17) is 0 Å². The molecule has 1 amide bonds. The zero-order chi connectivity index (χ0) is 19.3. The van der Waals surface area contributed by atoms with Crippen molar-refractivity contribution in [2.75, 3.05) is 56.6 Å². The average molecular weight is 521 g/mol. The van der Waals surface area contributed by atoms with Crippen LogP contribution in [0.2, 0.25) is 0 Å². The van der Waals surface area contributed by atoms with Crippen LogP contribution in [0.4, 0.5) is 5.69 Å². The molecular formula is C18H28IN5O3S. The number of halogens is 1. The van der Waals surface area contributed by atoms with Crippen LogP contribution >= 0.6 is 24.0 Å². The number of aliphatic imine (C=N–C) groups is 1. The molecule has 1 aromatic rings. The molecule has 3 rings (SSSR count). The quantitative estimate of drug-likeness (QED) is 0.299. The van der Waals surface area contributed by atoms with Crippen LogP contribution in [0.5, 0.6) is 0 Å². The van der Waals surface area contributed by atoms with E-state index in [2.05, 4.69) is 25.8 Å². The predicted octanol–water partition coefficient (Wildman–Crippen LogP) is 0.626. The maximum absolute atomic E-state index is 11.9. The Bertz CT molecular complexity index is 801. The second-order valence-corrected chi connectivity index (χ2v) is 9.21. The summed E-state index contributed by atoms with van der Waals surface area (Å²) in [5.74, 6) is 1.29. The van der Waals surface area contributed by atoms with Crippen molar-refractivity contribution in [2.24, 2.45) is 4.99 Å². The molecule has 1 atom stereocenters. The van der Waals surface area contributed by atoms with Crippen molar-refractivity contribution >= 4 is 51.4 Å². The molecule has 3 N–H and O–H groups in total. The minimum atomic E-state index is -2.84. The summed E-state index contributed by atoms with van der Waals surface area (Å²) >= 11 is 0. The number of rotatable bonds is 5. The summed E-state index contributed by atoms with van der Waals surface area (Å²) in [7, 11) is -1.13. The van der Waals surface area contributed by atoms with Gasteiger partial charge < -0.3 is 16.0 Å². The summed E-state index contributed by atoms with van der Waals surface area (Å²) in [5.41, 5.74) is 2.01. The number of nitrogens with zero attached hydrogens (tertiary/aromatic N) is 2. The molecule has 2 aliphatic rings. The molecule has 0 saturated carbocycles. The zero-order valence-electron chi connectivity index (χ0n) is 16.0. The number of guanidine groups is 1. The van der Waals surface area contributed by atoms with Crippen LogP contribution in [0.1, 0.15) is 17.9 Å². The first kappa shape index (κ1) is 22.9. The maximum Gasteiger partial charge on any atom is 0.225 e. The molecule has 1 unspecified atom stereocenters. The number of amides is 1. The summed E-state index contributed by atoms with van der Waals surface area (Å²) in [6, 6.07) is 7.86. The Kier molecular flexibility index (Phi) is 8.50. The Hall–Kier alpha value is -1.40. The lowest BCUT2D eigenvalue weighted by molar-refractivity contribution is -0.116. The van der Waals surface area contributed by atoms with Crippen LogP contribution in [0.15, 0.2) is 29.3 Å². The van der Waals surface area contributed by atoms with Crippen molar-refractivity contribution < 1.29 is 13.2 Å². The highest BCUT2D eigenvalue weighted by atomic mass is 127. The third-order valence-electron chi connectivity index (χ3n) is 5.00. The molecule has 0 aromatic heterocycles. The largest absolute Gasteiger partial charge is 0.356 e. The average Bonchev–Trinajstić information content (AvgIpc) is 2.65. The molecule has 1 fully saturated rings. The zero-order valence-corrected chi connectivity index (χ0v) is 19.1. The van der Waals surface area contributed by atoms with Crippen LogP contribution in [0.3, 0.4) is 0 Å². The Labute approximate surface area is 183 Å². The third kappa shape index (κ3) is 6.31. The Balaban J connectivity index is 0.00000280. The van der Waals surface area contributed by atoms with E-state index in [1.165, 1.54) is 0 Å². The van der Waals surface area contributed by atoms with E-state index in [-0.39, 0.29) is 47.3 Å². The molecular weight excluding hydrogens is 493 g/mol. The standard InChI is InChI=1S/C18H27N5O3S.HI/c1-19-18(20-6-7-23-8-10-27(25,26)11-9-23)21-13-14-12-17(24)22-16-5-3-2-4-15(14)16;/h2-5,14H,6-13H2,1H3,(H,22,24)(H2,19,20,21);1H. The Morgan fingerprint density at radius 3 is 2.68 bits per heavy atom. The lowest BCUT2D eigenvalue weighted by Crippen LogP contribution is -2.46. The molecule has 0 radical (unpaired) electrons. The van der Waals surface area contributed by atoms with Crippen LogP contribution in [-0.2, 0) is 14.6 Å². The predicted molar refractivity (Wildman–Crippen MR) is 122 cm³/mol. The van der Waals surface area contributed by atoms with Gasteiger partial charge in [-0.15, -0.1) is 24.0 Å². The van der Waals surface area contributed by atoms with Crippen LogP contribution < -0.4 is 16.0 Å². The molecule has 156 valence electrons. The number of sulfone groups is 1. The number of carbonyl (C=O) groups excluding carboxylic acids is 1. The van der Waals surface area contributed by atoms with Crippen molar-refractivity contribution in [1.29, 1.82) is 0 Å². The third-order valence-corrected chi connectivity index (χ3v) is 6.61. The Morgan fingerprint density at radius 1 is 1.25 bits per heavy atom. The second-order valence-electron chi connectivity index (χ2n) is 6.91. The first-order chi connectivity index (χ1) is 13.0. The van der Waals surface area contributed by atoms with Gasteiger partial charge in [0, 0.05) is 57.8 Å². The number of carbonyl (C=O) groups is 1. The molecule has 28 heavy (non-hydrogen) atoms. The summed E-state index contributed by atoms with van der Waals surface area (Å²) in [6.45, 7) is 3.24. The van der Waals surface area contributed by atoms with E-state index in [0.717, 1.165) is 17.8 Å². The highest BCUT2D eigenvalue weighted by Crippen LogP contribution is 2.31. The van der Waals surface area contributed by atoms with Gasteiger partial charge in [0.2, 0.25) is 5.91 Å². The number of hydrogen-bond donors (Lipinski definition) is 3. The first-order valence-electron chi connectivity index (χ1n) is 9.23. The van der Waals surface area contributed by atoms with Gasteiger partial charge in [0.15, 0.2) is 15.8 Å². The van der Waals surface area contributed by atoms with E-state index in [1.54, 1.807) is 7.05 Å². The van der Waals surface area contributed by atoms with Crippen LogP contribution in [0.25, 0.3) is 0 Å². The van der Waals surface area contributed by atoms with Gasteiger partial charge in [-0.25, -0.2) is 8.42 Å². The second kappa shape index (κ2) is 10.4. The lowest BCUT2D eigenvalue weighted by Gasteiger charge is -2.27. The summed E-state index contributed by atoms with van der Waals surface area (Å²) in [4.78, 5) is 18.3. The van der Waals surface area contributed by atoms with Gasteiger partial charge in [0.05, 0.1) is 11.5 Å². The molecule has 1 saturated heterocycles. The van der Waals surface area contributed by atoms with Gasteiger partial charge in [-0.05, 0) is 11.6 Å². The van der Waals surface area contributed by atoms with E-state index >= 15 is 0 Å². The van der Waals surface area contributed by atoms with E-state index in [9.17, 15) is 13.2 Å². The van der Waals surface area contributed by atoms with Crippen LogP contribution in [-0.4, -0.2) is 76.5 Å². The number of para-hydroxylation sites is 1. The van der Waals surface area contributed by atoms with Gasteiger partial charge in [0.25, 0.3) is 0 Å². The molecule has 10 heteroatoms. The number of hydrogen-bond acceptors (Lipinski definition) is 5. The van der Waals surface area contributed by atoms with Gasteiger partial charge >= 0.3 is 0 Å². The molecule has 2 aliphatic heterocycles. The lowest BCUT2D eigenvalue weighted by atomic mass is 9.90. The highest BCUT2D eigenvalue weighted by molar-refractivity contribution is 14.0. The van der Waals surface area contributed by atoms with E-state index in [0.29, 0.717) is 38.6 Å². The van der Waals surface area contributed by atoms with Crippen molar-refractivity contribution in [3.05, 3.63) is 29.8 Å². The fraction of sp³-hybridized carbons (Fsp3) is 0.556. The van der Waals surface area contributed by atoms with E-state index in [1.807, 2.05) is 24.3 Å². The summed E-state index contributed by atoms with van der Waals surface area (Å²) < 4.78 is 22.9. The van der Waals surface area contributed by atoms with Crippen molar-refractivity contribution in [3.8, 4) is 0 Å². The number of fused-ring (bicyclic) bond motifs is 1. The van der Waals surface area contributed by atoms with Crippen molar-refractivity contribution in [1.82, 2.24) is 15.5 Å². The van der Waals surface area contributed by atoms with E-state index < -0.39 is 9.84 Å². The molecule has 8 nitrogen and oxygen atoms in total. The normalized spacial score (nSPS) is 21.8. The minimum Gasteiger partial charge on any atom is -0.356 e. The van der Waals surface area contributed by atoms with Crippen LogP contribution in [0, 0.1) is 0 Å². The van der Waals surface area contributed by atoms with Crippen molar-refractivity contribution in [2.45, 2.75) is 12.3 Å². The molecule has 0 spiro atoms. The van der Waals surface area contributed by atoms with Gasteiger partial charge in [-0.1, -0.05) is 18.2 Å².